The molecule has 1 atom stereocenters. The van der Waals surface area contributed by atoms with Crippen molar-refractivity contribution in [3.8, 4) is 0 Å². The molecule has 0 saturated carbocycles. The molecule has 8 heteroatoms. The van der Waals surface area contributed by atoms with E-state index in [1.165, 1.54) is 6.07 Å². The van der Waals surface area contributed by atoms with Crippen molar-refractivity contribution in [2.75, 3.05) is 10.6 Å². The number of benzene rings is 2. The highest BCUT2D eigenvalue weighted by Crippen LogP contribution is 2.26. The fourth-order valence-electron chi connectivity index (χ4n) is 3.76. The second-order valence-corrected chi connectivity index (χ2v) is 10.5. The van der Waals surface area contributed by atoms with E-state index in [-0.39, 0.29) is 16.7 Å². The van der Waals surface area contributed by atoms with Crippen LogP contribution in [0.4, 0.5) is 11.4 Å². The van der Waals surface area contributed by atoms with E-state index in [1.54, 1.807) is 12.1 Å². The minimum Gasteiger partial charge on any atom is -0.326 e. The molecule has 0 radical (unpaired) electrons. The first kappa shape index (κ1) is 23.9. The number of carbonyl (C=O) groups is 2. The zero-order valence-electron chi connectivity index (χ0n) is 19.0. The van der Waals surface area contributed by atoms with E-state index in [2.05, 4.69) is 15.4 Å². The summed E-state index contributed by atoms with van der Waals surface area (Å²) in [7, 11) is -3.94. The fourth-order valence-corrected chi connectivity index (χ4v) is 5.02. The normalized spacial score (nSPS) is 15.0. The summed E-state index contributed by atoms with van der Waals surface area (Å²) in [4.78, 5) is 24.9. The van der Waals surface area contributed by atoms with Crippen LogP contribution >= 0.6 is 0 Å². The predicted octanol–water partition coefficient (Wildman–Crippen LogP) is 3.91. The number of fused-ring (bicyclic) bond motifs is 1. The number of amides is 2. The number of sulfonamides is 1. The molecule has 0 spiro atoms. The molecule has 1 aliphatic heterocycles. The third kappa shape index (κ3) is 5.75. The van der Waals surface area contributed by atoms with Crippen LogP contribution in [0.5, 0.6) is 0 Å². The van der Waals surface area contributed by atoms with Gasteiger partial charge in [0, 0.05) is 17.8 Å². The number of rotatable bonds is 7. The Kier molecular flexibility index (Phi) is 7.36. The van der Waals surface area contributed by atoms with Gasteiger partial charge in [0.2, 0.25) is 21.8 Å². The van der Waals surface area contributed by atoms with Crippen LogP contribution in [0.25, 0.3) is 0 Å². The Morgan fingerprint density at radius 1 is 1.12 bits per heavy atom. The zero-order valence-corrected chi connectivity index (χ0v) is 19.8. The molecule has 7 nitrogen and oxygen atoms in total. The van der Waals surface area contributed by atoms with Crippen LogP contribution in [0.1, 0.15) is 49.8 Å². The topological polar surface area (TPSA) is 104 Å². The summed E-state index contributed by atoms with van der Waals surface area (Å²) < 4.78 is 28.9. The maximum Gasteiger partial charge on any atom is 0.242 e. The van der Waals surface area contributed by atoms with E-state index in [1.807, 2.05) is 45.9 Å². The Labute approximate surface area is 190 Å². The van der Waals surface area contributed by atoms with Gasteiger partial charge in [-0.2, -0.15) is 4.72 Å². The molecule has 0 aromatic heterocycles. The van der Waals surface area contributed by atoms with Crippen LogP contribution in [0.3, 0.4) is 0 Å². The fraction of sp³-hybridized carbons (Fsp3) is 0.417. The van der Waals surface area contributed by atoms with Crippen molar-refractivity contribution < 1.29 is 18.0 Å². The van der Waals surface area contributed by atoms with Gasteiger partial charge in [0.25, 0.3) is 0 Å². The number of hydrogen-bond donors (Lipinski definition) is 3. The summed E-state index contributed by atoms with van der Waals surface area (Å²) in [6, 6.07) is 9.36. The van der Waals surface area contributed by atoms with Gasteiger partial charge in [-0.25, -0.2) is 8.42 Å². The van der Waals surface area contributed by atoms with Gasteiger partial charge in [-0.1, -0.05) is 26.0 Å². The highest BCUT2D eigenvalue weighted by molar-refractivity contribution is 7.89. The second-order valence-electron chi connectivity index (χ2n) is 8.76. The zero-order chi connectivity index (χ0) is 23.5. The molecule has 1 aliphatic rings. The molecule has 1 heterocycles. The Balaban J connectivity index is 1.84. The lowest BCUT2D eigenvalue weighted by atomic mass is 10.0. The average molecular weight is 458 g/mol. The minimum absolute atomic E-state index is 0.0717. The molecular formula is C24H31N3O4S. The lowest BCUT2D eigenvalue weighted by Crippen LogP contribution is -2.44. The summed E-state index contributed by atoms with van der Waals surface area (Å²) in [5.41, 5.74) is 4.07. The monoisotopic (exact) mass is 457 g/mol. The number of nitrogens with one attached hydrogen (secondary N) is 3. The van der Waals surface area contributed by atoms with Gasteiger partial charge >= 0.3 is 0 Å². The molecule has 3 rings (SSSR count). The standard InChI is InChI=1S/C24H31N3O4S/c1-15(2)13-22(24(29)26-20-9-5-7-16(3)17(20)4)27-32(30,31)19-11-12-21-18(14-19)8-6-10-23(28)25-21/h5,7,9,11-12,14-15,22,27H,6,8,10,13H2,1-4H3,(H,25,28)(H,26,29)/t22-/m0/s1. The molecule has 0 unspecified atom stereocenters. The first-order valence-electron chi connectivity index (χ1n) is 10.9. The van der Waals surface area contributed by atoms with Crippen LogP contribution in [0, 0.1) is 19.8 Å². The molecular weight excluding hydrogens is 426 g/mol. The molecule has 2 amide bonds. The average Bonchev–Trinajstić information content (AvgIpc) is 2.90. The summed E-state index contributed by atoms with van der Waals surface area (Å²) in [6.45, 7) is 7.76. The third-order valence-electron chi connectivity index (χ3n) is 5.69. The van der Waals surface area contributed by atoms with Gasteiger partial charge in [0.05, 0.1) is 4.90 Å². The van der Waals surface area contributed by atoms with Gasteiger partial charge < -0.3 is 10.6 Å². The molecule has 0 saturated heterocycles. The maximum absolute atomic E-state index is 13.2. The minimum atomic E-state index is -3.94. The van der Waals surface area contributed by atoms with Crippen LogP contribution < -0.4 is 15.4 Å². The van der Waals surface area contributed by atoms with Crippen LogP contribution in [0.15, 0.2) is 41.3 Å². The summed E-state index contributed by atoms with van der Waals surface area (Å²) in [5.74, 6) is -0.357. The van der Waals surface area contributed by atoms with Crippen LogP contribution in [0.2, 0.25) is 0 Å². The van der Waals surface area contributed by atoms with E-state index in [4.69, 9.17) is 0 Å². The summed E-state index contributed by atoms with van der Waals surface area (Å²) in [5, 5.41) is 5.69. The van der Waals surface area contributed by atoms with Gasteiger partial charge in [-0.05, 0) is 80.0 Å². The van der Waals surface area contributed by atoms with Crippen molar-refractivity contribution in [2.45, 2.75) is 64.3 Å². The smallest absolute Gasteiger partial charge is 0.242 e. The SMILES string of the molecule is Cc1cccc(NC(=O)[C@H](CC(C)C)NS(=O)(=O)c2ccc3c(c2)CCCC(=O)N3)c1C. The van der Waals surface area contributed by atoms with E-state index in [9.17, 15) is 18.0 Å². The highest BCUT2D eigenvalue weighted by atomic mass is 32.2. The van der Waals surface area contributed by atoms with Crippen molar-refractivity contribution in [1.29, 1.82) is 0 Å². The van der Waals surface area contributed by atoms with E-state index in [0.717, 1.165) is 16.7 Å². The molecule has 2 aromatic carbocycles. The van der Waals surface area contributed by atoms with Crippen LogP contribution in [-0.4, -0.2) is 26.3 Å². The van der Waals surface area contributed by atoms with Gasteiger partial charge in [-0.15, -0.1) is 0 Å². The Bertz CT molecular complexity index is 1130. The van der Waals surface area contributed by atoms with Crippen molar-refractivity contribution in [2.24, 2.45) is 5.92 Å². The Morgan fingerprint density at radius 3 is 2.59 bits per heavy atom. The van der Waals surface area contributed by atoms with E-state index in [0.29, 0.717) is 37.1 Å². The lowest BCUT2D eigenvalue weighted by molar-refractivity contribution is -0.118. The number of carbonyl (C=O) groups excluding carboxylic acids is 2. The second kappa shape index (κ2) is 9.83. The largest absolute Gasteiger partial charge is 0.326 e. The first-order valence-corrected chi connectivity index (χ1v) is 12.4. The molecule has 172 valence electrons. The molecule has 32 heavy (non-hydrogen) atoms. The summed E-state index contributed by atoms with van der Waals surface area (Å²) in [6.07, 6.45) is 2.03. The number of anilines is 2. The van der Waals surface area contributed by atoms with Crippen molar-refractivity contribution in [1.82, 2.24) is 4.72 Å². The summed E-state index contributed by atoms with van der Waals surface area (Å²) >= 11 is 0. The highest BCUT2D eigenvalue weighted by Gasteiger charge is 2.28. The number of aryl methyl sites for hydroxylation is 2. The Hall–Kier alpha value is -2.71. The quantitative estimate of drug-likeness (QED) is 0.586. The predicted molar refractivity (Wildman–Crippen MR) is 126 cm³/mol. The van der Waals surface area contributed by atoms with Gasteiger partial charge in [0.1, 0.15) is 6.04 Å². The molecule has 0 fully saturated rings. The van der Waals surface area contributed by atoms with Crippen molar-refractivity contribution >= 4 is 33.2 Å². The molecule has 0 aliphatic carbocycles. The number of hydrogen-bond acceptors (Lipinski definition) is 4. The maximum atomic E-state index is 13.2. The molecule has 2 aromatic rings. The molecule has 3 N–H and O–H groups in total. The first-order chi connectivity index (χ1) is 15.1. The van der Waals surface area contributed by atoms with Crippen molar-refractivity contribution in [3.63, 3.8) is 0 Å². The van der Waals surface area contributed by atoms with E-state index < -0.39 is 22.0 Å². The molecule has 0 bridgehead atoms. The van der Waals surface area contributed by atoms with Gasteiger partial charge in [-0.3, -0.25) is 9.59 Å². The lowest BCUT2D eigenvalue weighted by Gasteiger charge is -2.21. The third-order valence-corrected chi connectivity index (χ3v) is 7.16. The van der Waals surface area contributed by atoms with E-state index >= 15 is 0 Å². The van der Waals surface area contributed by atoms with Crippen molar-refractivity contribution in [3.05, 3.63) is 53.1 Å². The van der Waals surface area contributed by atoms with Gasteiger partial charge in [0.15, 0.2) is 0 Å². The van der Waals surface area contributed by atoms with Crippen LogP contribution in [-0.2, 0) is 26.0 Å². The Morgan fingerprint density at radius 2 is 1.88 bits per heavy atom.